The predicted molar refractivity (Wildman–Crippen MR) is 49.1 cm³/mol. The van der Waals surface area contributed by atoms with Crippen LogP contribution in [0.1, 0.15) is 11.1 Å². The lowest BCUT2D eigenvalue weighted by molar-refractivity contribution is -0.387. The summed E-state index contributed by atoms with van der Waals surface area (Å²) in [6.45, 7) is 1.51. The van der Waals surface area contributed by atoms with Gasteiger partial charge in [0.15, 0.2) is 0 Å². The quantitative estimate of drug-likeness (QED) is 0.611. The first-order chi connectivity index (χ1) is 6.93. The Morgan fingerprint density at radius 1 is 1.60 bits per heavy atom. The molecule has 0 fully saturated rings. The fraction of sp³-hybridized carbons (Fsp3) is 0.222. The van der Waals surface area contributed by atoms with Crippen LogP contribution in [0.3, 0.4) is 0 Å². The van der Waals surface area contributed by atoms with Gasteiger partial charge in [0.05, 0.1) is 11.3 Å². The normalized spacial score (nSPS) is 10.0. The number of benzene rings is 1. The van der Waals surface area contributed by atoms with Gasteiger partial charge in [-0.05, 0) is 12.5 Å². The van der Waals surface area contributed by atoms with E-state index >= 15 is 0 Å². The third-order valence-corrected chi connectivity index (χ3v) is 1.98. The molecular weight excluding hydrogens is 205 g/mol. The molecule has 0 radical (unpaired) electrons. The Bertz CT molecular complexity index is 430. The van der Waals surface area contributed by atoms with Crippen molar-refractivity contribution >= 4 is 11.7 Å². The largest absolute Gasteiger partial charge is 0.481 e. The van der Waals surface area contributed by atoms with Crippen LogP contribution in [0.4, 0.5) is 10.1 Å². The van der Waals surface area contributed by atoms with E-state index in [2.05, 4.69) is 0 Å². The highest BCUT2D eigenvalue weighted by molar-refractivity contribution is 5.71. The van der Waals surface area contributed by atoms with Crippen molar-refractivity contribution in [2.45, 2.75) is 13.3 Å². The van der Waals surface area contributed by atoms with Gasteiger partial charge in [0.1, 0.15) is 0 Å². The number of rotatable bonds is 3. The Hall–Kier alpha value is -1.98. The number of nitro groups is 1. The van der Waals surface area contributed by atoms with Crippen molar-refractivity contribution in [1.82, 2.24) is 0 Å². The maximum absolute atomic E-state index is 13.4. The van der Waals surface area contributed by atoms with Crippen molar-refractivity contribution in [3.05, 3.63) is 39.2 Å². The molecule has 0 saturated carbocycles. The van der Waals surface area contributed by atoms with Crippen LogP contribution in [-0.4, -0.2) is 16.0 Å². The monoisotopic (exact) mass is 213 g/mol. The van der Waals surface area contributed by atoms with Crippen LogP contribution in [-0.2, 0) is 11.2 Å². The van der Waals surface area contributed by atoms with E-state index in [1.807, 2.05) is 0 Å². The first-order valence-corrected chi connectivity index (χ1v) is 4.07. The summed E-state index contributed by atoms with van der Waals surface area (Å²) in [7, 11) is 0. The van der Waals surface area contributed by atoms with Gasteiger partial charge in [-0.1, -0.05) is 6.07 Å². The highest BCUT2D eigenvalue weighted by Gasteiger charge is 2.20. The van der Waals surface area contributed by atoms with E-state index in [0.29, 0.717) is 5.56 Å². The van der Waals surface area contributed by atoms with Crippen molar-refractivity contribution in [1.29, 1.82) is 0 Å². The average Bonchev–Trinajstić information content (AvgIpc) is 2.11. The summed E-state index contributed by atoms with van der Waals surface area (Å²) >= 11 is 0. The van der Waals surface area contributed by atoms with Gasteiger partial charge in [-0.2, -0.15) is 4.39 Å². The summed E-state index contributed by atoms with van der Waals surface area (Å²) in [5, 5.41) is 18.9. The van der Waals surface area contributed by atoms with Crippen molar-refractivity contribution < 1.29 is 19.2 Å². The minimum Gasteiger partial charge on any atom is -0.481 e. The molecule has 0 atom stereocenters. The highest BCUT2D eigenvalue weighted by Crippen LogP contribution is 2.23. The third kappa shape index (κ3) is 2.28. The van der Waals surface area contributed by atoms with Crippen LogP contribution in [0.15, 0.2) is 12.1 Å². The molecule has 0 aliphatic heterocycles. The van der Waals surface area contributed by atoms with Crippen molar-refractivity contribution in [2.75, 3.05) is 0 Å². The molecule has 0 heterocycles. The molecule has 0 amide bonds. The topological polar surface area (TPSA) is 80.4 Å². The van der Waals surface area contributed by atoms with Gasteiger partial charge in [0.2, 0.25) is 5.82 Å². The summed E-state index contributed by atoms with van der Waals surface area (Å²) in [5.41, 5.74) is -0.450. The van der Waals surface area contributed by atoms with Crippen LogP contribution >= 0.6 is 0 Å². The van der Waals surface area contributed by atoms with E-state index < -0.39 is 28.8 Å². The molecule has 0 aromatic heterocycles. The van der Waals surface area contributed by atoms with E-state index in [4.69, 9.17) is 5.11 Å². The van der Waals surface area contributed by atoms with Gasteiger partial charge < -0.3 is 5.11 Å². The van der Waals surface area contributed by atoms with Gasteiger partial charge in [0, 0.05) is 11.6 Å². The molecule has 1 rings (SSSR count). The molecule has 1 aromatic rings. The lowest BCUT2D eigenvalue weighted by Gasteiger charge is -2.04. The average molecular weight is 213 g/mol. The number of nitro benzene ring substituents is 1. The zero-order chi connectivity index (χ0) is 11.6. The Kier molecular flexibility index (Phi) is 2.99. The standard InChI is InChI=1S/C9H8FNO4/c1-5-2-3-7(11(14)15)9(10)6(5)4-8(12)13/h2-3H,4H2,1H3,(H,12,13). The number of aryl methyl sites for hydroxylation is 1. The maximum atomic E-state index is 13.4. The summed E-state index contributed by atoms with van der Waals surface area (Å²) in [5.74, 6) is -2.29. The SMILES string of the molecule is Cc1ccc([N+](=O)[O-])c(F)c1CC(=O)O. The Morgan fingerprint density at radius 3 is 2.67 bits per heavy atom. The number of hydrogen-bond donors (Lipinski definition) is 1. The van der Waals surface area contributed by atoms with Crippen molar-refractivity contribution in [2.24, 2.45) is 0 Å². The van der Waals surface area contributed by atoms with E-state index in [1.165, 1.54) is 13.0 Å². The molecule has 1 aromatic carbocycles. The van der Waals surface area contributed by atoms with Crippen LogP contribution < -0.4 is 0 Å². The molecule has 15 heavy (non-hydrogen) atoms. The minimum atomic E-state index is -1.22. The minimum absolute atomic E-state index is 0.142. The first kappa shape index (κ1) is 11.1. The molecule has 5 nitrogen and oxygen atoms in total. The predicted octanol–water partition coefficient (Wildman–Crippen LogP) is 1.67. The maximum Gasteiger partial charge on any atom is 0.307 e. The number of nitrogens with zero attached hydrogens (tertiary/aromatic N) is 1. The third-order valence-electron chi connectivity index (χ3n) is 1.98. The van der Waals surface area contributed by atoms with Crippen molar-refractivity contribution in [3.63, 3.8) is 0 Å². The second-order valence-corrected chi connectivity index (χ2v) is 3.02. The second-order valence-electron chi connectivity index (χ2n) is 3.02. The molecule has 80 valence electrons. The lowest BCUT2D eigenvalue weighted by atomic mass is 10.0. The summed E-state index contributed by atoms with van der Waals surface area (Å²) in [6.07, 6.45) is -0.556. The second kappa shape index (κ2) is 4.04. The smallest absolute Gasteiger partial charge is 0.307 e. The Balaban J connectivity index is 3.29. The van der Waals surface area contributed by atoms with E-state index in [0.717, 1.165) is 6.07 Å². The zero-order valence-electron chi connectivity index (χ0n) is 7.86. The molecule has 6 heteroatoms. The van der Waals surface area contributed by atoms with Crippen LogP contribution in [0.5, 0.6) is 0 Å². The van der Waals surface area contributed by atoms with E-state index in [9.17, 15) is 19.3 Å². The highest BCUT2D eigenvalue weighted by atomic mass is 19.1. The van der Waals surface area contributed by atoms with Crippen molar-refractivity contribution in [3.8, 4) is 0 Å². The fourth-order valence-corrected chi connectivity index (χ4v) is 1.21. The van der Waals surface area contributed by atoms with Crippen LogP contribution in [0, 0.1) is 22.9 Å². The summed E-state index contributed by atoms with van der Waals surface area (Å²) in [6, 6.07) is 2.36. The van der Waals surface area contributed by atoms with E-state index in [1.54, 1.807) is 0 Å². The number of aliphatic carboxylic acids is 1. The summed E-state index contributed by atoms with van der Waals surface area (Å²) < 4.78 is 13.4. The number of halogens is 1. The zero-order valence-corrected chi connectivity index (χ0v) is 7.86. The number of carbonyl (C=O) groups is 1. The van der Waals surface area contributed by atoms with Crippen LogP contribution in [0.25, 0.3) is 0 Å². The van der Waals surface area contributed by atoms with Gasteiger partial charge >= 0.3 is 11.7 Å². The van der Waals surface area contributed by atoms with Gasteiger partial charge in [0.25, 0.3) is 0 Å². The molecular formula is C9H8FNO4. The van der Waals surface area contributed by atoms with Gasteiger partial charge in [-0.3, -0.25) is 14.9 Å². The van der Waals surface area contributed by atoms with Crippen LogP contribution in [0.2, 0.25) is 0 Å². The Morgan fingerprint density at radius 2 is 2.20 bits per heavy atom. The molecule has 0 unspecified atom stereocenters. The molecule has 0 saturated heterocycles. The molecule has 0 aliphatic carbocycles. The molecule has 0 bridgehead atoms. The van der Waals surface area contributed by atoms with Gasteiger partial charge in [-0.25, -0.2) is 0 Å². The Labute approximate surface area is 84.3 Å². The first-order valence-electron chi connectivity index (χ1n) is 4.07. The number of carboxylic acids is 1. The fourth-order valence-electron chi connectivity index (χ4n) is 1.21. The number of carboxylic acid groups (broad SMARTS) is 1. The molecule has 1 N–H and O–H groups in total. The summed E-state index contributed by atoms with van der Waals surface area (Å²) in [4.78, 5) is 19.9. The molecule has 0 spiro atoms. The van der Waals surface area contributed by atoms with Gasteiger partial charge in [-0.15, -0.1) is 0 Å². The lowest BCUT2D eigenvalue weighted by Crippen LogP contribution is -2.06. The molecule has 0 aliphatic rings. The van der Waals surface area contributed by atoms with E-state index in [-0.39, 0.29) is 5.56 Å². The number of hydrogen-bond acceptors (Lipinski definition) is 3.